The van der Waals surface area contributed by atoms with Crippen molar-refractivity contribution in [2.45, 2.75) is 51.0 Å². The first-order chi connectivity index (χ1) is 7.90. The third kappa shape index (κ3) is 3.82. The first-order valence-electron chi connectivity index (χ1n) is 6.86. The average molecular weight is 223 g/mol. The summed E-state index contributed by atoms with van der Waals surface area (Å²) in [4.78, 5) is 0. The predicted octanol–water partition coefficient (Wildman–Crippen LogP) is 3.10. The fourth-order valence-corrected chi connectivity index (χ4v) is 2.95. The topological polar surface area (TPSA) is 21.3 Å². The van der Waals surface area contributed by atoms with Gasteiger partial charge < -0.3 is 10.1 Å². The third-order valence-corrected chi connectivity index (χ3v) is 3.99. The van der Waals surface area contributed by atoms with Gasteiger partial charge in [-0.3, -0.25) is 0 Å². The van der Waals surface area contributed by atoms with E-state index in [9.17, 15) is 0 Å². The molecule has 0 aromatic heterocycles. The smallest absolute Gasteiger partial charge is 0.0885 e. The van der Waals surface area contributed by atoms with Crippen LogP contribution in [-0.2, 0) is 4.74 Å². The van der Waals surface area contributed by atoms with Gasteiger partial charge in [0.15, 0.2) is 0 Å². The van der Waals surface area contributed by atoms with Crippen LogP contribution in [0.15, 0.2) is 12.8 Å². The van der Waals surface area contributed by atoms with E-state index in [1.165, 1.54) is 44.8 Å². The molecule has 0 bridgehead atoms. The van der Waals surface area contributed by atoms with Crippen LogP contribution in [0.3, 0.4) is 0 Å². The molecule has 1 N–H and O–H groups in total. The summed E-state index contributed by atoms with van der Waals surface area (Å²) in [5, 5.41) is 3.68. The van der Waals surface area contributed by atoms with E-state index in [1.54, 1.807) is 0 Å². The molecule has 2 saturated carbocycles. The van der Waals surface area contributed by atoms with Crippen LogP contribution in [0.4, 0.5) is 0 Å². The quantitative estimate of drug-likeness (QED) is 0.529. The van der Waals surface area contributed by atoms with Crippen molar-refractivity contribution in [3.63, 3.8) is 0 Å². The van der Waals surface area contributed by atoms with Crippen molar-refractivity contribution < 1.29 is 4.74 Å². The van der Waals surface area contributed by atoms with Crippen LogP contribution in [0.2, 0.25) is 0 Å². The fourth-order valence-electron chi connectivity index (χ4n) is 2.95. The Hall–Kier alpha value is -0.500. The first-order valence-corrected chi connectivity index (χ1v) is 6.86. The molecule has 2 fully saturated rings. The molecule has 0 aromatic carbocycles. The molecule has 2 atom stereocenters. The van der Waals surface area contributed by atoms with E-state index in [4.69, 9.17) is 4.74 Å². The van der Waals surface area contributed by atoms with Gasteiger partial charge in [-0.15, -0.1) is 0 Å². The third-order valence-electron chi connectivity index (χ3n) is 3.99. The van der Waals surface area contributed by atoms with Crippen LogP contribution in [-0.4, -0.2) is 19.2 Å². The van der Waals surface area contributed by atoms with Crippen LogP contribution in [0.25, 0.3) is 0 Å². The number of hydrogen-bond acceptors (Lipinski definition) is 2. The lowest BCUT2D eigenvalue weighted by atomic mass is 9.83. The van der Waals surface area contributed by atoms with E-state index in [1.807, 2.05) is 0 Å². The summed E-state index contributed by atoms with van der Waals surface area (Å²) in [5.74, 6) is 2.13. The van der Waals surface area contributed by atoms with Crippen molar-refractivity contribution in [3.8, 4) is 0 Å². The highest BCUT2D eigenvalue weighted by molar-refractivity contribution is 4.87. The Morgan fingerprint density at radius 1 is 1.19 bits per heavy atom. The Labute approximate surface area is 99.4 Å². The minimum atomic E-state index is 0.781. The summed E-state index contributed by atoms with van der Waals surface area (Å²) in [6, 6.07) is 0.781. The van der Waals surface area contributed by atoms with Crippen LogP contribution in [0.5, 0.6) is 0 Å². The zero-order chi connectivity index (χ0) is 11.2. The van der Waals surface area contributed by atoms with Crippen LogP contribution in [0.1, 0.15) is 44.9 Å². The maximum atomic E-state index is 5.12. The molecule has 0 saturated heterocycles. The molecule has 0 heterocycles. The van der Waals surface area contributed by atoms with E-state index in [-0.39, 0.29) is 0 Å². The van der Waals surface area contributed by atoms with E-state index in [2.05, 4.69) is 11.9 Å². The lowest BCUT2D eigenvalue weighted by molar-refractivity contribution is 0.229. The van der Waals surface area contributed by atoms with Crippen LogP contribution in [0, 0.1) is 11.8 Å². The van der Waals surface area contributed by atoms with Crippen molar-refractivity contribution in [2.24, 2.45) is 11.8 Å². The van der Waals surface area contributed by atoms with Gasteiger partial charge in [0, 0.05) is 6.04 Å². The zero-order valence-corrected chi connectivity index (χ0v) is 10.3. The van der Waals surface area contributed by atoms with Gasteiger partial charge in [-0.05, 0) is 50.5 Å². The number of hydrogen-bond donors (Lipinski definition) is 1. The number of ether oxygens (including phenoxy) is 1. The molecule has 0 spiro atoms. The Morgan fingerprint density at radius 2 is 2.06 bits per heavy atom. The summed E-state index contributed by atoms with van der Waals surface area (Å²) in [5.41, 5.74) is 0. The minimum Gasteiger partial charge on any atom is -0.502 e. The van der Waals surface area contributed by atoms with Crippen molar-refractivity contribution in [1.29, 1.82) is 0 Å². The lowest BCUT2D eigenvalue weighted by Gasteiger charge is -2.30. The minimum absolute atomic E-state index is 0.781. The SMILES string of the molecule is C=COCCCNC1CCCC(C2CC2)C1. The van der Waals surface area contributed by atoms with Gasteiger partial charge >= 0.3 is 0 Å². The molecule has 2 aliphatic rings. The van der Waals surface area contributed by atoms with Crippen molar-refractivity contribution in [3.05, 3.63) is 12.8 Å². The van der Waals surface area contributed by atoms with Crippen molar-refractivity contribution in [2.75, 3.05) is 13.2 Å². The Bertz CT molecular complexity index is 213. The standard InChI is InChI=1S/C14H25NO/c1-2-16-10-4-9-15-14-6-3-5-13(11-14)12-7-8-12/h2,12-15H,1,3-11H2. The summed E-state index contributed by atoms with van der Waals surface area (Å²) in [7, 11) is 0. The van der Waals surface area contributed by atoms with Gasteiger partial charge in [-0.1, -0.05) is 19.4 Å². The number of rotatable bonds is 7. The molecule has 0 aromatic rings. The summed E-state index contributed by atoms with van der Waals surface area (Å²) < 4.78 is 5.12. The average Bonchev–Trinajstić information content (AvgIpc) is 3.13. The molecule has 92 valence electrons. The monoisotopic (exact) mass is 223 g/mol. The largest absolute Gasteiger partial charge is 0.502 e. The van der Waals surface area contributed by atoms with Gasteiger partial charge in [0.25, 0.3) is 0 Å². The Kier molecular flexibility index (Phi) is 4.70. The van der Waals surface area contributed by atoms with E-state index in [0.29, 0.717) is 0 Å². The fraction of sp³-hybridized carbons (Fsp3) is 0.857. The highest BCUT2D eigenvalue weighted by Gasteiger charge is 2.34. The van der Waals surface area contributed by atoms with Gasteiger partial charge in [-0.2, -0.15) is 0 Å². The molecule has 2 rings (SSSR count). The van der Waals surface area contributed by atoms with Crippen molar-refractivity contribution in [1.82, 2.24) is 5.32 Å². The molecule has 0 aliphatic heterocycles. The second kappa shape index (κ2) is 6.29. The van der Waals surface area contributed by atoms with Crippen LogP contribution >= 0.6 is 0 Å². The summed E-state index contributed by atoms with van der Waals surface area (Å²) in [6.45, 7) is 5.44. The van der Waals surface area contributed by atoms with Gasteiger partial charge in [0.1, 0.15) is 0 Å². The Balaban J connectivity index is 1.56. The molecule has 0 radical (unpaired) electrons. The normalized spacial score (nSPS) is 30.0. The second-order valence-electron chi connectivity index (χ2n) is 5.31. The first kappa shape index (κ1) is 12.0. The second-order valence-corrected chi connectivity index (χ2v) is 5.31. The molecule has 16 heavy (non-hydrogen) atoms. The highest BCUT2D eigenvalue weighted by Crippen LogP contribution is 2.43. The van der Waals surface area contributed by atoms with E-state index < -0.39 is 0 Å². The predicted molar refractivity (Wildman–Crippen MR) is 67.2 cm³/mol. The molecule has 2 aliphatic carbocycles. The molecule has 2 heteroatoms. The molecular weight excluding hydrogens is 198 g/mol. The van der Waals surface area contributed by atoms with E-state index in [0.717, 1.165) is 37.5 Å². The maximum absolute atomic E-state index is 5.12. The van der Waals surface area contributed by atoms with E-state index >= 15 is 0 Å². The van der Waals surface area contributed by atoms with Gasteiger partial charge in [0.2, 0.25) is 0 Å². The number of nitrogens with one attached hydrogen (secondary N) is 1. The molecule has 2 nitrogen and oxygen atoms in total. The zero-order valence-electron chi connectivity index (χ0n) is 10.3. The Morgan fingerprint density at radius 3 is 2.81 bits per heavy atom. The molecular formula is C14H25NO. The maximum Gasteiger partial charge on any atom is 0.0885 e. The van der Waals surface area contributed by atoms with Gasteiger partial charge in [-0.25, -0.2) is 0 Å². The van der Waals surface area contributed by atoms with Crippen LogP contribution < -0.4 is 5.32 Å². The molecule has 0 amide bonds. The highest BCUT2D eigenvalue weighted by atomic mass is 16.5. The van der Waals surface area contributed by atoms with Crippen molar-refractivity contribution >= 4 is 0 Å². The summed E-state index contributed by atoms with van der Waals surface area (Å²) in [6.07, 6.45) is 11.4. The lowest BCUT2D eigenvalue weighted by Crippen LogP contribution is -2.35. The summed E-state index contributed by atoms with van der Waals surface area (Å²) >= 11 is 0. The molecule has 2 unspecified atom stereocenters. The van der Waals surface area contributed by atoms with Gasteiger partial charge in [0.05, 0.1) is 12.9 Å².